The molecule has 100 valence electrons. The van der Waals surface area contributed by atoms with E-state index in [0.29, 0.717) is 22.9 Å². The van der Waals surface area contributed by atoms with Gasteiger partial charge in [-0.05, 0) is 36.2 Å². The Bertz CT molecular complexity index is 555. The Hall–Kier alpha value is -2.07. The van der Waals surface area contributed by atoms with E-state index >= 15 is 0 Å². The van der Waals surface area contributed by atoms with E-state index in [1.165, 1.54) is 5.56 Å². The van der Waals surface area contributed by atoms with Gasteiger partial charge >= 0.3 is 0 Å². The van der Waals surface area contributed by atoms with Gasteiger partial charge in [-0.1, -0.05) is 13.0 Å². The lowest BCUT2D eigenvalue weighted by Gasteiger charge is -2.12. The van der Waals surface area contributed by atoms with Gasteiger partial charge in [-0.15, -0.1) is 0 Å². The maximum atomic E-state index is 9.25. The van der Waals surface area contributed by atoms with Crippen LogP contribution in [0.2, 0.25) is 0 Å². The summed E-state index contributed by atoms with van der Waals surface area (Å²) in [7, 11) is 1.60. The van der Waals surface area contributed by atoms with Gasteiger partial charge in [0.1, 0.15) is 0 Å². The number of aliphatic hydroxyl groups is 1. The lowest BCUT2D eigenvalue weighted by molar-refractivity contribution is 0.274. The predicted molar refractivity (Wildman–Crippen MR) is 72.6 cm³/mol. The molecule has 0 aliphatic carbocycles. The number of hydrogen-bond acceptors (Lipinski definition) is 4. The maximum Gasteiger partial charge on any atom is 0.224 e. The molecular weight excluding hydrogens is 242 g/mol. The van der Waals surface area contributed by atoms with E-state index < -0.39 is 0 Å². The van der Waals surface area contributed by atoms with Crippen LogP contribution in [-0.4, -0.2) is 17.2 Å². The fourth-order valence-electron chi connectivity index (χ4n) is 1.76. The summed E-state index contributed by atoms with van der Waals surface area (Å²) in [6.07, 6.45) is 2.56. The number of benzene rings is 1. The summed E-state index contributed by atoms with van der Waals surface area (Å²) >= 11 is 0. The highest BCUT2D eigenvalue weighted by atomic mass is 16.5. The number of rotatable bonds is 5. The van der Waals surface area contributed by atoms with Crippen LogP contribution in [0.4, 0.5) is 0 Å². The first-order chi connectivity index (χ1) is 9.28. The summed E-state index contributed by atoms with van der Waals surface area (Å²) in [6.45, 7) is 1.97. The number of ether oxygens (including phenoxy) is 2. The summed E-state index contributed by atoms with van der Waals surface area (Å²) in [5.41, 5.74) is 1.82. The number of hydrogen-bond donors (Lipinski definition) is 1. The number of aliphatic hydroxyl groups excluding tert-OH is 1. The van der Waals surface area contributed by atoms with Gasteiger partial charge in [0.15, 0.2) is 11.5 Å². The number of methoxy groups -OCH3 is 1. The van der Waals surface area contributed by atoms with Gasteiger partial charge < -0.3 is 14.6 Å². The van der Waals surface area contributed by atoms with E-state index in [4.69, 9.17) is 9.47 Å². The van der Waals surface area contributed by atoms with Crippen molar-refractivity contribution in [3.05, 3.63) is 47.7 Å². The molecule has 0 saturated heterocycles. The molecule has 4 nitrogen and oxygen atoms in total. The molecule has 0 spiro atoms. The second-order valence-electron chi connectivity index (χ2n) is 4.07. The first-order valence-electron chi connectivity index (χ1n) is 6.18. The van der Waals surface area contributed by atoms with Crippen LogP contribution >= 0.6 is 0 Å². The molecule has 0 saturated carbocycles. The molecule has 2 aromatic rings. The standard InChI is InChI=1S/C15H17NO3/c1-3-11-6-7-13(14(9-11)18-2)19-15-12(10-17)5-4-8-16-15/h4-9,17H,3,10H2,1-2H3. The van der Waals surface area contributed by atoms with Gasteiger partial charge in [0.25, 0.3) is 0 Å². The van der Waals surface area contributed by atoms with Crippen LogP contribution in [0.5, 0.6) is 17.4 Å². The Balaban J connectivity index is 2.32. The van der Waals surface area contributed by atoms with Crippen molar-refractivity contribution < 1.29 is 14.6 Å². The van der Waals surface area contributed by atoms with Crippen molar-refractivity contribution in [2.24, 2.45) is 0 Å². The van der Waals surface area contributed by atoms with Gasteiger partial charge in [0.05, 0.1) is 13.7 Å². The minimum Gasteiger partial charge on any atom is -0.493 e. The smallest absolute Gasteiger partial charge is 0.224 e. The number of aryl methyl sites for hydroxylation is 1. The average molecular weight is 259 g/mol. The van der Waals surface area contributed by atoms with Crippen molar-refractivity contribution in [1.82, 2.24) is 4.98 Å². The van der Waals surface area contributed by atoms with Crippen LogP contribution < -0.4 is 9.47 Å². The van der Waals surface area contributed by atoms with Crippen LogP contribution in [-0.2, 0) is 13.0 Å². The predicted octanol–water partition coefficient (Wildman–Crippen LogP) is 2.94. The van der Waals surface area contributed by atoms with Gasteiger partial charge in [-0.2, -0.15) is 0 Å². The highest BCUT2D eigenvalue weighted by Crippen LogP contribution is 2.32. The summed E-state index contributed by atoms with van der Waals surface area (Å²) in [5.74, 6) is 1.65. The summed E-state index contributed by atoms with van der Waals surface area (Å²) in [6, 6.07) is 9.31. The monoisotopic (exact) mass is 259 g/mol. The second-order valence-corrected chi connectivity index (χ2v) is 4.07. The number of aromatic nitrogens is 1. The van der Waals surface area contributed by atoms with E-state index in [1.807, 2.05) is 18.2 Å². The third-order valence-corrected chi connectivity index (χ3v) is 2.86. The topological polar surface area (TPSA) is 51.6 Å². The molecule has 0 aliphatic rings. The van der Waals surface area contributed by atoms with Crippen LogP contribution in [0.25, 0.3) is 0 Å². The van der Waals surface area contributed by atoms with Crippen LogP contribution in [0, 0.1) is 0 Å². The fourth-order valence-corrected chi connectivity index (χ4v) is 1.76. The second kappa shape index (κ2) is 6.20. The molecule has 0 unspecified atom stereocenters. The van der Waals surface area contributed by atoms with Crippen molar-refractivity contribution in [3.63, 3.8) is 0 Å². The molecule has 0 amide bonds. The van der Waals surface area contributed by atoms with Crippen molar-refractivity contribution in [2.75, 3.05) is 7.11 Å². The highest BCUT2D eigenvalue weighted by molar-refractivity contribution is 5.45. The van der Waals surface area contributed by atoms with Crippen LogP contribution in [0.1, 0.15) is 18.1 Å². The Morgan fingerprint density at radius 3 is 2.74 bits per heavy atom. The van der Waals surface area contributed by atoms with Crippen molar-refractivity contribution in [1.29, 1.82) is 0 Å². The molecule has 4 heteroatoms. The highest BCUT2D eigenvalue weighted by Gasteiger charge is 2.10. The molecular formula is C15H17NO3. The molecule has 1 aromatic carbocycles. The van der Waals surface area contributed by atoms with E-state index in [0.717, 1.165) is 6.42 Å². The van der Waals surface area contributed by atoms with Crippen molar-refractivity contribution in [3.8, 4) is 17.4 Å². The zero-order chi connectivity index (χ0) is 13.7. The third-order valence-electron chi connectivity index (χ3n) is 2.86. The quantitative estimate of drug-likeness (QED) is 0.897. The van der Waals surface area contributed by atoms with E-state index in [9.17, 15) is 5.11 Å². The SMILES string of the molecule is CCc1ccc(Oc2ncccc2CO)c(OC)c1. The van der Waals surface area contributed by atoms with Gasteiger partial charge in [-0.3, -0.25) is 0 Å². The first-order valence-corrected chi connectivity index (χ1v) is 6.18. The fraction of sp³-hybridized carbons (Fsp3) is 0.267. The van der Waals surface area contributed by atoms with Gasteiger partial charge in [0, 0.05) is 11.8 Å². The van der Waals surface area contributed by atoms with Gasteiger partial charge in [-0.25, -0.2) is 4.98 Å². The Kier molecular flexibility index (Phi) is 4.36. The molecule has 0 aliphatic heterocycles. The summed E-state index contributed by atoms with van der Waals surface area (Å²) in [4.78, 5) is 4.13. The lowest BCUT2D eigenvalue weighted by Crippen LogP contribution is -1.97. The van der Waals surface area contributed by atoms with E-state index in [-0.39, 0.29) is 6.61 Å². The molecule has 0 bridgehead atoms. The van der Waals surface area contributed by atoms with E-state index in [2.05, 4.69) is 11.9 Å². The zero-order valence-corrected chi connectivity index (χ0v) is 11.1. The average Bonchev–Trinajstić information content (AvgIpc) is 2.48. The molecule has 2 rings (SSSR count). The number of pyridine rings is 1. The normalized spacial score (nSPS) is 10.3. The molecule has 1 aromatic heterocycles. The minimum absolute atomic E-state index is 0.113. The molecule has 19 heavy (non-hydrogen) atoms. The summed E-state index contributed by atoms with van der Waals surface area (Å²) in [5, 5.41) is 9.25. The number of nitrogens with zero attached hydrogens (tertiary/aromatic N) is 1. The molecule has 1 N–H and O–H groups in total. The maximum absolute atomic E-state index is 9.25. The van der Waals surface area contributed by atoms with Crippen molar-refractivity contribution in [2.45, 2.75) is 20.0 Å². The molecule has 0 radical (unpaired) electrons. The molecule has 0 atom stereocenters. The first kappa shape index (κ1) is 13.4. The summed E-state index contributed by atoms with van der Waals surface area (Å²) < 4.78 is 11.0. The van der Waals surface area contributed by atoms with Gasteiger partial charge in [0.2, 0.25) is 5.88 Å². The Morgan fingerprint density at radius 2 is 2.05 bits per heavy atom. The van der Waals surface area contributed by atoms with E-state index in [1.54, 1.807) is 25.4 Å². The lowest BCUT2D eigenvalue weighted by atomic mass is 10.1. The zero-order valence-electron chi connectivity index (χ0n) is 11.1. The minimum atomic E-state index is -0.113. The third kappa shape index (κ3) is 3.03. The Morgan fingerprint density at radius 1 is 1.21 bits per heavy atom. The van der Waals surface area contributed by atoms with Crippen molar-refractivity contribution >= 4 is 0 Å². The van der Waals surface area contributed by atoms with Crippen LogP contribution in [0.15, 0.2) is 36.5 Å². The molecule has 1 heterocycles. The van der Waals surface area contributed by atoms with Crippen LogP contribution in [0.3, 0.4) is 0 Å². The largest absolute Gasteiger partial charge is 0.493 e. The Labute approximate surface area is 112 Å². The molecule has 0 fully saturated rings.